The molecule has 1 aliphatic rings. The van der Waals surface area contributed by atoms with Crippen LogP contribution in [0.4, 0.5) is 5.82 Å². The van der Waals surface area contributed by atoms with E-state index in [9.17, 15) is 0 Å². The third kappa shape index (κ3) is 1.34. The van der Waals surface area contributed by atoms with Crippen molar-refractivity contribution in [3.8, 4) is 6.07 Å². The Morgan fingerprint density at radius 1 is 1.50 bits per heavy atom. The van der Waals surface area contributed by atoms with Crippen LogP contribution < -0.4 is 5.73 Å². The lowest BCUT2D eigenvalue weighted by Gasteiger charge is -2.19. The Morgan fingerprint density at radius 3 is 3.00 bits per heavy atom. The van der Waals surface area contributed by atoms with Gasteiger partial charge in [0.2, 0.25) is 0 Å². The minimum Gasteiger partial charge on any atom is -0.383 e. The van der Waals surface area contributed by atoms with Crippen LogP contribution in [0.2, 0.25) is 0 Å². The Balaban J connectivity index is 2.69. The Bertz CT molecular complexity index is 420. The molecule has 4 heteroatoms. The lowest BCUT2D eigenvalue weighted by Crippen LogP contribution is -2.11. The van der Waals surface area contributed by atoms with Crippen molar-refractivity contribution in [2.75, 3.05) is 11.5 Å². The van der Waals surface area contributed by atoms with E-state index in [1.54, 1.807) is 0 Å². The number of aryl methyl sites for hydroxylation is 1. The summed E-state index contributed by atoms with van der Waals surface area (Å²) in [6.45, 7) is 1.96. The maximum absolute atomic E-state index is 8.99. The van der Waals surface area contributed by atoms with Gasteiger partial charge in [0.1, 0.15) is 11.9 Å². The van der Waals surface area contributed by atoms with E-state index >= 15 is 0 Å². The quantitative estimate of drug-likeness (QED) is 0.699. The average molecular weight is 205 g/mol. The molecule has 1 aliphatic heterocycles. The summed E-state index contributed by atoms with van der Waals surface area (Å²) in [4.78, 5) is 4.20. The van der Waals surface area contributed by atoms with Crippen molar-refractivity contribution < 1.29 is 0 Å². The van der Waals surface area contributed by atoms with Crippen LogP contribution >= 0.6 is 11.8 Å². The van der Waals surface area contributed by atoms with Gasteiger partial charge >= 0.3 is 0 Å². The number of rotatable bonds is 0. The standard InChI is InChI=1S/C10H11N3S/c1-6-7-2-3-14-5-9(7)8(4-11)10(12)13-6/h2-3,5H2,1H3,(H2,12,13). The van der Waals surface area contributed by atoms with Crippen molar-refractivity contribution in [2.45, 2.75) is 19.1 Å². The van der Waals surface area contributed by atoms with Gasteiger partial charge in [0, 0.05) is 11.4 Å². The Morgan fingerprint density at radius 2 is 2.29 bits per heavy atom. The molecule has 0 saturated carbocycles. The Labute approximate surface area is 87.3 Å². The van der Waals surface area contributed by atoms with E-state index in [0.29, 0.717) is 11.4 Å². The number of nitrogens with zero attached hydrogens (tertiary/aromatic N) is 2. The highest BCUT2D eigenvalue weighted by Gasteiger charge is 2.18. The van der Waals surface area contributed by atoms with E-state index in [2.05, 4.69) is 11.1 Å². The summed E-state index contributed by atoms with van der Waals surface area (Å²) in [5.41, 5.74) is 9.61. The van der Waals surface area contributed by atoms with Crippen LogP contribution in [0.3, 0.4) is 0 Å². The largest absolute Gasteiger partial charge is 0.383 e. The van der Waals surface area contributed by atoms with Gasteiger partial charge in [-0.25, -0.2) is 4.98 Å². The van der Waals surface area contributed by atoms with Gasteiger partial charge in [0.05, 0.1) is 5.56 Å². The van der Waals surface area contributed by atoms with E-state index in [-0.39, 0.29) is 0 Å². The third-order valence-corrected chi connectivity index (χ3v) is 3.49. The average Bonchev–Trinajstić information content (AvgIpc) is 2.18. The summed E-state index contributed by atoms with van der Waals surface area (Å²) >= 11 is 1.85. The number of hydrogen-bond donors (Lipinski definition) is 1. The van der Waals surface area contributed by atoms with Gasteiger partial charge in [0.15, 0.2) is 0 Å². The molecule has 14 heavy (non-hydrogen) atoms. The summed E-state index contributed by atoms with van der Waals surface area (Å²) in [5.74, 6) is 2.39. The number of pyridine rings is 1. The van der Waals surface area contributed by atoms with Crippen molar-refractivity contribution in [1.29, 1.82) is 5.26 Å². The van der Waals surface area contributed by atoms with Crippen LogP contribution in [-0.4, -0.2) is 10.7 Å². The molecule has 0 unspecified atom stereocenters. The second-order valence-corrected chi connectivity index (χ2v) is 4.43. The van der Waals surface area contributed by atoms with E-state index in [4.69, 9.17) is 11.0 Å². The van der Waals surface area contributed by atoms with Gasteiger partial charge in [-0.1, -0.05) is 0 Å². The number of nitriles is 1. The molecule has 2 rings (SSSR count). The minimum absolute atomic E-state index is 0.381. The van der Waals surface area contributed by atoms with E-state index in [1.165, 1.54) is 5.56 Å². The van der Waals surface area contributed by atoms with Crippen molar-refractivity contribution in [2.24, 2.45) is 0 Å². The van der Waals surface area contributed by atoms with Gasteiger partial charge in [-0.05, 0) is 30.2 Å². The van der Waals surface area contributed by atoms with Crippen molar-refractivity contribution in [1.82, 2.24) is 4.98 Å². The molecule has 0 saturated heterocycles. The second-order valence-electron chi connectivity index (χ2n) is 3.33. The summed E-state index contributed by atoms with van der Waals surface area (Å²) < 4.78 is 0. The summed E-state index contributed by atoms with van der Waals surface area (Å²) in [6, 6.07) is 2.15. The number of aromatic nitrogens is 1. The predicted molar refractivity (Wildman–Crippen MR) is 58.0 cm³/mol. The Kier molecular flexibility index (Phi) is 2.34. The van der Waals surface area contributed by atoms with Gasteiger partial charge < -0.3 is 5.73 Å². The fourth-order valence-corrected chi connectivity index (χ4v) is 2.81. The fourth-order valence-electron chi connectivity index (χ4n) is 1.79. The number of fused-ring (bicyclic) bond motifs is 1. The highest BCUT2D eigenvalue weighted by molar-refractivity contribution is 7.98. The third-order valence-electron chi connectivity index (χ3n) is 2.50. The van der Waals surface area contributed by atoms with Crippen LogP contribution in [0.15, 0.2) is 0 Å². The maximum atomic E-state index is 8.99. The number of nitrogens with two attached hydrogens (primary N) is 1. The van der Waals surface area contributed by atoms with E-state index in [1.807, 2.05) is 18.7 Å². The molecular weight excluding hydrogens is 194 g/mol. The highest BCUT2D eigenvalue weighted by atomic mass is 32.2. The second kappa shape index (κ2) is 3.50. The molecule has 0 radical (unpaired) electrons. The zero-order chi connectivity index (χ0) is 10.1. The summed E-state index contributed by atoms with van der Waals surface area (Å²) in [6.07, 6.45) is 1.01. The monoisotopic (exact) mass is 205 g/mol. The van der Waals surface area contributed by atoms with Gasteiger partial charge in [-0.15, -0.1) is 0 Å². The summed E-state index contributed by atoms with van der Waals surface area (Å²) in [7, 11) is 0. The summed E-state index contributed by atoms with van der Waals surface area (Å²) in [5, 5.41) is 8.99. The molecule has 0 bridgehead atoms. The molecule has 0 aromatic carbocycles. The topological polar surface area (TPSA) is 62.7 Å². The lowest BCUT2D eigenvalue weighted by atomic mass is 10.00. The van der Waals surface area contributed by atoms with Crippen molar-refractivity contribution in [3.05, 3.63) is 22.4 Å². The molecule has 1 aromatic heterocycles. The molecule has 0 amide bonds. The molecule has 2 N–H and O–H groups in total. The number of anilines is 1. The molecule has 0 aliphatic carbocycles. The van der Waals surface area contributed by atoms with Crippen LogP contribution in [0.1, 0.15) is 22.4 Å². The predicted octanol–water partition coefficient (Wildman–Crippen LogP) is 1.63. The first-order chi connectivity index (χ1) is 6.74. The van der Waals surface area contributed by atoms with Gasteiger partial charge in [0.25, 0.3) is 0 Å². The first-order valence-corrected chi connectivity index (χ1v) is 5.65. The van der Waals surface area contributed by atoms with Crippen LogP contribution in [0, 0.1) is 18.3 Å². The van der Waals surface area contributed by atoms with Crippen LogP contribution in [0.5, 0.6) is 0 Å². The number of thioether (sulfide) groups is 1. The molecule has 0 atom stereocenters. The normalized spacial score (nSPS) is 14.6. The van der Waals surface area contributed by atoms with Crippen LogP contribution in [-0.2, 0) is 12.2 Å². The lowest BCUT2D eigenvalue weighted by molar-refractivity contribution is 1.00. The SMILES string of the molecule is Cc1nc(N)c(C#N)c2c1CCSC2. The number of hydrogen-bond acceptors (Lipinski definition) is 4. The maximum Gasteiger partial charge on any atom is 0.141 e. The molecule has 2 heterocycles. The molecule has 0 spiro atoms. The molecule has 72 valence electrons. The highest BCUT2D eigenvalue weighted by Crippen LogP contribution is 2.30. The van der Waals surface area contributed by atoms with Crippen molar-refractivity contribution >= 4 is 17.6 Å². The molecular formula is C10H11N3S. The zero-order valence-electron chi connectivity index (χ0n) is 8.00. The van der Waals surface area contributed by atoms with E-state index < -0.39 is 0 Å². The van der Waals surface area contributed by atoms with Crippen LogP contribution in [0.25, 0.3) is 0 Å². The van der Waals surface area contributed by atoms with Gasteiger partial charge in [-0.3, -0.25) is 0 Å². The Hall–Kier alpha value is -1.21. The first-order valence-electron chi connectivity index (χ1n) is 4.49. The molecule has 0 fully saturated rings. The van der Waals surface area contributed by atoms with Gasteiger partial charge in [-0.2, -0.15) is 17.0 Å². The smallest absolute Gasteiger partial charge is 0.141 e. The fraction of sp³-hybridized carbons (Fsp3) is 0.400. The minimum atomic E-state index is 0.381. The molecule has 3 nitrogen and oxygen atoms in total. The van der Waals surface area contributed by atoms with Crippen molar-refractivity contribution in [3.63, 3.8) is 0 Å². The molecule has 1 aromatic rings. The zero-order valence-corrected chi connectivity index (χ0v) is 8.82. The van der Waals surface area contributed by atoms with E-state index in [0.717, 1.165) is 29.2 Å². The number of nitrogen functional groups attached to an aromatic ring is 1. The first kappa shape index (κ1) is 9.35.